The third-order valence-corrected chi connectivity index (χ3v) is 5.37. The number of sulfonamides is 1. The van der Waals surface area contributed by atoms with E-state index in [1.165, 1.54) is 33.3 Å². The number of amides is 1. The molecule has 0 saturated carbocycles. The summed E-state index contributed by atoms with van der Waals surface area (Å²) in [5.74, 6) is -0.168. The van der Waals surface area contributed by atoms with Crippen LogP contribution < -0.4 is 10.1 Å². The molecule has 0 aliphatic carbocycles. The van der Waals surface area contributed by atoms with Gasteiger partial charge in [0.2, 0.25) is 10.0 Å². The first-order valence-corrected chi connectivity index (χ1v) is 8.75. The van der Waals surface area contributed by atoms with E-state index in [9.17, 15) is 13.2 Å². The first kappa shape index (κ1) is 18.3. The van der Waals surface area contributed by atoms with Crippen LogP contribution in [0.15, 0.2) is 47.4 Å². The molecule has 1 N–H and O–H groups in total. The van der Waals surface area contributed by atoms with E-state index < -0.39 is 10.0 Å². The van der Waals surface area contributed by atoms with Gasteiger partial charge in [-0.15, -0.1) is 0 Å². The fraction of sp³-hybridized carbons (Fsp3) is 0.188. The normalized spacial score (nSPS) is 11.4. The lowest BCUT2D eigenvalue weighted by molar-refractivity contribution is 0.102. The Kier molecular flexibility index (Phi) is 5.48. The Balaban J connectivity index is 2.35. The Morgan fingerprint density at radius 1 is 1.12 bits per heavy atom. The van der Waals surface area contributed by atoms with Crippen molar-refractivity contribution in [3.05, 3.63) is 53.1 Å². The molecule has 0 saturated heterocycles. The van der Waals surface area contributed by atoms with E-state index in [0.717, 1.165) is 4.31 Å². The minimum atomic E-state index is -3.71. The standard InChI is InChI=1S/C16H17ClN2O4S/c1-19(2)24(21,22)15-10-13(8-9-14(15)23-3)18-16(20)11-4-6-12(17)7-5-11/h4-10H,1-3H3,(H,18,20). The Morgan fingerprint density at radius 3 is 2.29 bits per heavy atom. The number of nitrogens with zero attached hydrogens (tertiary/aromatic N) is 1. The average molecular weight is 369 g/mol. The maximum Gasteiger partial charge on any atom is 0.255 e. The van der Waals surface area contributed by atoms with E-state index in [1.54, 1.807) is 30.3 Å². The number of carbonyl (C=O) groups is 1. The molecule has 0 aromatic heterocycles. The largest absolute Gasteiger partial charge is 0.495 e. The van der Waals surface area contributed by atoms with E-state index in [0.29, 0.717) is 16.3 Å². The molecule has 0 heterocycles. The minimum absolute atomic E-state index is 0.0242. The maximum absolute atomic E-state index is 12.4. The van der Waals surface area contributed by atoms with Gasteiger partial charge in [0.1, 0.15) is 10.6 Å². The van der Waals surface area contributed by atoms with Crippen LogP contribution in [0.5, 0.6) is 5.75 Å². The fourth-order valence-corrected chi connectivity index (χ4v) is 3.16. The molecule has 24 heavy (non-hydrogen) atoms. The third kappa shape index (κ3) is 3.87. The molecule has 2 aromatic rings. The van der Waals surface area contributed by atoms with Gasteiger partial charge >= 0.3 is 0 Å². The van der Waals surface area contributed by atoms with Crippen molar-refractivity contribution in [1.29, 1.82) is 0 Å². The lowest BCUT2D eigenvalue weighted by Gasteiger charge is -2.16. The van der Waals surface area contributed by atoms with Crippen LogP contribution in [0.1, 0.15) is 10.4 Å². The number of benzene rings is 2. The molecule has 2 rings (SSSR count). The van der Waals surface area contributed by atoms with Gasteiger partial charge in [0.05, 0.1) is 7.11 Å². The molecule has 0 atom stereocenters. The van der Waals surface area contributed by atoms with Gasteiger partial charge in [0, 0.05) is 30.4 Å². The molecular formula is C16H17ClN2O4S. The highest BCUT2D eigenvalue weighted by Crippen LogP contribution is 2.29. The molecule has 1 amide bonds. The number of ether oxygens (including phenoxy) is 1. The topological polar surface area (TPSA) is 75.7 Å². The lowest BCUT2D eigenvalue weighted by Crippen LogP contribution is -2.23. The number of carbonyl (C=O) groups excluding carboxylic acids is 1. The maximum atomic E-state index is 12.4. The molecule has 6 nitrogen and oxygen atoms in total. The van der Waals surface area contributed by atoms with Gasteiger partial charge in [-0.3, -0.25) is 4.79 Å². The molecule has 0 bridgehead atoms. The Bertz CT molecular complexity index is 849. The monoisotopic (exact) mass is 368 g/mol. The summed E-state index contributed by atoms with van der Waals surface area (Å²) in [5.41, 5.74) is 0.753. The second-order valence-corrected chi connectivity index (χ2v) is 7.67. The van der Waals surface area contributed by atoms with Gasteiger partial charge in [0.15, 0.2) is 0 Å². The van der Waals surface area contributed by atoms with Crippen molar-refractivity contribution in [2.24, 2.45) is 0 Å². The van der Waals surface area contributed by atoms with Crippen LogP contribution in [0.2, 0.25) is 5.02 Å². The number of nitrogens with one attached hydrogen (secondary N) is 1. The summed E-state index contributed by atoms with van der Waals surface area (Å²) in [5, 5.41) is 3.18. The number of hydrogen-bond acceptors (Lipinski definition) is 4. The summed E-state index contributed by atoms with van der Waals surface area (Å²) in [4.78, 5) is 12.2. The van der Waals surface area contributed by atoms with Crippen molar-refractivity contribution in [3.8, 4) is 5.75 Å². The van der Waals surface area contributed by atoms with Gasteiger partial charge in [0.25, 0.3) is 5.91 Å². The van der Waals surface area contributed by atoms with Gasteiger partial charge in [-0.2, -0.15) is 0 Å². The van der Waals surface area contributed by atoms with Crippen LogP contribution >= 0.6 is 11.6 Å². The Morgan fingerprint density at radius 2 is 1.75 bits per heavy atom. The number of hydrogen-bond donors (Lipinski definition) is 1. The molecular weight excluding hydrogens is 352 g/mol. The zero-order valence-corrected chi connectivity index (χ0v) is 15.0. The molecule has 0 spiro atoms. The number of methoxy groups -OCH3 is 1. The summed E-state index contributed by atoms with van der Waals surface area (Å²) >= 11 is 5.79. The SMILES string of the molecule is COc1ccc(NC(=O)c2ccc(Cl)cc2)cc1S(=O)(=O)N(C)C. The van der Waals surface area contributed by atoms with Crippen molar-refractivity contribution in [3.63, 3.8) is 0 Å². The van der Waals surface area contributed by atoms with E-state index >= 15 is 0 Å². The summed E-state index contributed by atoms with van der Waals surface area (Å²) in [6.07, 6.45) is 0. The van der Waals surface area contributed by atoms with Crippen LogP contribution in [0.4, 0.5) is 5.69 Å². The number of rotatable bonds is 5. The van der Waals surface area contributed by atoms with Gasteiger partial charge in [-0.1, -0.05) is 11.6 Å². The van der Waals surface area contributed by atoms with Crippen molar-refractivity contribution in [1.82, 2.24) is 4.31 Å². The highest BCUT2D eigenvalue weighted by molar-refractivity contribution is 7.89. The Labute approximate surface area is 146 Å². The van der Waals surface area contributed by atoms with Crippen LogP contribution in [-0.4, -0.2) is 39.8 Å². The second kappa shape index (κ2) is 7.21. The fourth-order valence-electron chi connectivity index (χ4n) is 1.96. The molecule has 0 aliphatic rings. The average Bonchev–Trinajstić information content (AvgIpc) is 2.55. The molecule has 128 valence electrons. The second-order valence-electron chi connectivity index (χ2n) is 5.11. The molecule has 0 fully saturated rings. The molecule has 0 aliphatic heterocycles. The molecule has 2 aromatic carbocycles. The summed E-state index contributed by atoms with van der Waals surface area (Å²) < 4.78 is 30.9. The van der Waals surface area contributed by atoms with Crippen molar-refractivity contribution in [2.75, 3.05) is 26.5 Å². The predicted molar refractivity (Wildman–Crippen MR) is 93.3 cm³/mol. The highest BCUT2D eigenvalue weighted by Gasteiger charge is 2.23. The van der Waals surface area contributed by atoms with Gasteiger partial charge in [-0.25, -0.2) is 12.7 Å². The van der Waals surface area contributed by atoms with Gasteiger partial charge < -0.3 is 10.1 Å². The Hall–Kier alpha value is -2.09. The van der Waals surface area contributed by atoms with E-state index in [-0.39, 0.29) is 16.6 Å². The quantitative estimate of drug-likeness (QED) is 0.880. The molecule has 0 radical (unpaired) electrons. The van der Waals surface area contributed by atoms with E-state index in [2.05, 4.69) is 5.32 Å². The molecule has 0 unspecified atom stereocenters. The van der Waals surface area contributed by atoms with Crippen molar-refractivity contribution >= 4 is 33.2 Å². The van der Waals surface area contributed by atoms with E-state index in [4.69, 9.17) is 16.3 Å². The van der Waals surface area contributed by atoms with Crippen LogP contribution in [0.25, 0.3) is 0 Å². The minimum Gasteiger partial charge on any atom is -0.495 e. The first-order valence-electron chi connectivity index (χ1n) is 6.93. The molecule has 8 heteroatoms. The van der Waals surface area contributed by atoms with Crippen LogP contribution in [0.3, 0.4) is 0 Å². The van der Waals surface area contributed by atoms with Crippen molar-refractivity contribution < 1.29 is 17.9 Å². The summed E-state index contributed by atoms with van der Waals surface area (Å²) in [7, 11) is 0.525. The zero-order chi connectivity index (χ0) is 17.9. The smallest absolute Gasteiger partial charge is 0.255 e. The van der Waals surface area contributed by atoms with E-state index in [1.807, 2.05) is 0 Å². The van der Waals surface area contributed by atoms with Gasteiger partial charge in [-0.05, 0) is 42.5 Å². The predicted octanol–water partition coefficient (Wildman–Crippen LogP) is 2.85. The van der Waals surface area contributed by atoms with Crippen LogP contribution in [0, 0.1) is 0 Å². The summed E-state index contributed by atoms with van der Waals surface area (Å²) in [6.45, 7) is 0. The van der Waals surface area contributed by atoms with Crippen molar-refractivity contribution in [2.45, 2.75) is 4.90 Å². The summed E-state index contributed by atoms with van der Waals surface area (Å²) in [6, 6.07) is 10.8. The highest BCUT2D eigenvalue weighted by atomic mass is 35.5. The number of halogens is 1. The number of anilines is 1. The van der Waals surface area contributed by atoms with Crippen LogP contribution in [-0.2, 0) is 10.0 Å². The lowest BCUT2D eigenvalue weighted by atomic mass is 10.2. The third-order valence-electron chi connectivity index (χ3n) is 3.29. The zero-order valence-electron chi connectivity index (χ0n) is 13.4. The first-order chi connectivity index (χ1) is 11.3.